The summed E-state index contributed by atoms with van der Waals surface area (Å²) in [7, 11) is 0. The third kappa shape index (κ3) is 1.43. The fourth-order valence-corrected chi connectivity index (χ4v) is 4.48. The summed E-state index contributed by atoms with van der Waals surface area (Å²) in [6.07, 6.45) is 0. The minimum atomic E-state index is 0.365. The molecule has 0 aliphatic rings. The Kier molecular flexibility index (Phi) is 2.43. The van der Waals surface area contributed by atoms with E-state index in [4.69, 9.17) is 0 Å². The highest BCUT2D eigenvalue weighted by atomic mass is 32.2. The molecule has 0 aliphatic carbocycles. The zero-order valence-corrected chi connectivity index (χ0v) is 10.4. The summed E-state index contributed by atoms with van der Waals surface area (Å²) >= 11 is 8.24. The maximum atomic E-state index is 4.49. The lowest BCUT2D eigenvalue weighted by Gasteiger charge is -2.01. The van der Waals surface area contributed by atoms with Gasteiger partial charge in [0.2, 0.25) is 0 Å². The lowest BCUT2D eigenvalue weighted by Crippen LogP contribution is -1.81. The molecular formula is C10H12S3. The first-order valence-electron chi connectivity index (χ1n) is 4.26. The molecule has 1 atom stereocenters. The Hall–Kier alpha value is 0.01000. The Bertz CT molecular complexity index is 434. The van der Waals surface area contributed by atoms with Gasteiger partial charge in [-0.25, -0.2) is 0 Å². The summed E-state index contributed by atoms with van der Waals surface area (Å²) in [5, 5.41) is 4.07. The maximum Gasteiger partial charge on any atom is 0.0873 e. The van der Waals surface area contributed by atoms with Crippen LogP contribution in [0.4, 0.5) is 0 Å². The summed E-state index contributed by atoms with van der Waals surface area (Å²) in [4.78, 5) is 1.42. The van der Waals surface area contributed by atoms with E-state index in [9.17, 15) is 0 Å². The number of thiophene rings is 2. The molecule has 70 valence electrons. The molecule has 0 spiro atoms. The topological polar surface area (TPSA) is 0 Å². The van der Waals surface area contributed by atoms with Crippen LogP contribution in [0, 0.1) is 13.8 Å². The first-order valence-corrected chi connectivity index (χ1v) is 6.47. The van der Waals surface area contributed by atoms with Crippen LogP contribution in [0.15, 0.2) is 5.38 Å². The molecule has 0 aliphatic heterocycles. The monoisotopic (exact) mass is 228 g/mol. The van der Waals surface area contributed by atoms with E-state index in [1.165, 1.54) is 25.4 Å². The molecule has 0 saturated carbocycles. The van der Waals surface area contributed by atoms with E-state index in [0.717, 1.165) is 0 Å². The van der Waals surface area contributed by atoms with Crippen LogP contribution in [0.2, 0.25) is 0 Å². The van der Waals surface area contributed by atoms with Crippen LogP contribution in [-0.4, -0.2) is 0 Å². The quantitative estimate of drug-likeness (QED) is 0.679. The molecule has 2 heterocycles. The smallest absolute Gasteiger partial charge is 0.0873 e. The van der Waals surface area contributed by atoms with Gasteiger partial charge in [-0.3, -0.25) is 0 Å². The van der Waals surface area contributed by atoms with Crippen LogP contribution in [0.3, 0.4) is 0 Å². The van der Waals surface area contributed by atoms with Crippen molar-refractivity contribution in [3.05, 3.63) is 21.4 Å². The molecule has 0 N–H and O–H groups in total. The van der Waals surface area contributed by atoms with Crippen molar-refractivity contribution in [1.29, 1.82) is 0 Å². The fraction of sp³-hybridized carbons (Fsp3) is 0.400. The molecule has 0 bridgehead atoms. The Labute approximate surface area is 92.0 Å². The van der Waals surface area contributed by atoms with E-state index < -0.39 is 0 Å². The second-order valence-corrected chi connectivity index (χ2v) is 6.31. The van der Waals surface area contributed by atoms with Crippen molar-refractivity contribution < 1.29 is 0 Å². The van der Waals surface area contributed by atoms with Gasteiger partial charge in [-0.1, -0.05) is 0 Å². The van der Waals surface area contributed by atoms with E-state index >= 15 is 0 Å². The Morgan fingerprint density at radius 1 is 1.38 bits per heavy atom. The highest BCUT2D eigenvalue weighted by Gasteiger charge is 2.14. The molecule has 3 heteroatoms. The lowest BCUT2D eigenvalue weighted by atomic mass is 10.1. The van der Waals surface area contributed by atoms with Gasteiger partial charge in [0.25, 0.3) is 0 Å². The fourth-order valence-electron chi connectivity index (χ4n) is 1.64. The molecule has 2 rings (SSSR count). The van der Waals surface area contributed by atoms with Crippen LogP contribution >= 0.6 is 35.3 Å². The maximum absolute atomic E-state index is 4.49. The van der Waals surface area contributed by atoms with Gasteiger partial charge in [-0.15, -0.1) is 22.7 Å². The minimum Gasteiger partial charge on any atom is -0.171 e. The van der Waals surface area contributed by atoms with Gasteiger partial charge >= 0.3 is 0 Å². The summed E-state index contributed by atoms with van der Waals surface area (Å²) < 4.78 is 1.45. The van der Waals surface area contributed by atoms with Crippen LogP contribution in [-0.2, 0) is 0 Å². The van der Waals surface area contributed by atoms with Crippen molar-refractivity contribution in [2.45, 2.75) is 26.0 Å². The van der Waals surface area contributed by atoms with Gasteiger partial charge < -0.3 is 0 Å². The van der Waals surface area contributed by atoms with E-state index in [0.29, 0.717) is 5.25 Å². The van der Waals surface area contributed by atoms with Crippen LogP contribution in [0.5, 0.6) is 0 Å². The molecule has 1 unspecified atom stereocenters. The van der Waals surface area contributed by atoms with E-state index in [1.54, 1.807) is 0 Å². The number of hydrogen-bond donors (Lipinski definition) is 1. The average Bonchev–Trinajstić information content (AvgIpc) is 2.55. The standard InChI is InChI=1S/C10H12S3/c1-5-4-12-10-8(5)6(2)9(13-10)7(3)11/h4,7,11H,1-3H3. The van der Waals surface area contributed by atoms with Crippen molar-refractivity contribution in [2.24, 2.45) is 0 Å². The predicted molar refractivity (Wildman–Crippen MR) is 66.6 cm³/mol. The first kappa shape index (κ1) is 9.56. The van der Waals surface area contributed by atoms with Gasteiger partial charge in [0, 0.05) is 15.5 Å². The number of rotatable bonds is 1. The highest BCUT2D eigenvalue weighted by molar-refractivity contribution is 7.80. The van der Waals surface area contributed by atoms with Crippen LogP contribution in [0.1, 0.15) is 28.2 Å². The number of thiol groups is 1. The summed E-state index contributed by atoms with van der Waals surface area (Å²) in [6.45, 7) is 6.53. The third-order valence-electron chi connectivity index (χ3n) is 2.27. The molecule has 0 saturated heterocycles. The van der Waals surface area contributed by atoms with Crippen molar-refractivity contribution in [3.63, 3.8) is 0 Å². The normalized spacial score (nSPS) is 13.8. The van der Waals surface area contributed by atoms with E-state index in [2.05, 4.69) is 38.8 Å². The zero-order valence-electron chi connectivity index (χ0n) is 7.92. The number of fused-ring (bicyclic) bond motifs is 1. The summed E-state index contributed by atoms with van der Waals surface area (Å²) in [5.74, 6) is 0. The number of aryl methyl sites for hydroxylation is 2. The van der Waals surface area contributed by atoms with E-state index in [1.807, 2.05) is 22.7 Å². The molecular weight excluding hydrogens is 216 g/mol. The van der Waals surface area contributed by atoms with Crippen molar-refractivity contribution in [1.82, 2.24) is 0 Å². The Morgan fingerprint density at radius 2 is 2.08 bits per heavy atom. The van der Waals surface area contributed by atoms with Crippen molar-refractivity contribution >= 4 is 44.7 Å². The second-order valence-electron chi connectivity index (χ2n) is 3.35. The van der Waals surface area contributed by atoms with Crippen LogP contribution < -0.4 is 0 Å². The average molecular weight is 228 g/mol. The lowest BCUT2D eigenvalue weighted by molar-refractivity contribution is 1.13. The Balaban J connectivity index is 2.75. The Morgan fingerprint density at radius 3 is 2.62 bits per heavy atom. The van der Waals surface area contributed by atoms with Crippen molar-refractivity contribution in [2.75, 3.05) is 0 Å². The third-order valence-corrected chi connectivity index (χ3v) is 5.40. The predicted octanol–water partition coefficient (Wildman–Crippen LogP) is 4.57. The minimum absolute atomic E-state index is 0.365. The molecule has 0 nitrogen and oxygen atoms in total. The molecule has 0 amide bonds. The van der Waals surface area contributed by atoms with Gasteiger partial charge in [0.1, 0.15) is 0 Å². The van der Waals surface area contributed by atoms with Gasteiger partial charge in [-0.05, 0) is 37.3 Å². The zero-order chi connectivity index (χ0) is 9.59. The van der Waals surface area contributed by atoms with Gasteiger partial charge in [0.05, 0.1) is 4.01 Å². The van der Waals surface area contributed by atoms with Crippen molar-refractivity contribution in [3.8, 4) is 0 Å². The second kappa shape index (κ2) is 3.30. The SMILES string of the molecule is Cc1csc2sc(C(C)S)c(C)c12. The molecule has 0 aromatic carbocycles. The first-order chi connectivity index (χ1) is 6.11. The summed E-state index contributed by atoms with van der Waals surface area (Å²) in [5.41, 5.74) is 2.84. The highest BCUT2D eigenvalue weighted by Crippen LogP contribution is 2.41. The van der Waals surface area contributed by atoms with Gasteiger partial charge in [-0.2, -0.15) is 12.6 Å². The molecule has 2 aromatic rings. The summed E-state index contributed by atoms with van der Waals surface area (Å²) in [6, 6.07) is 0. The van der Waals surface area contributed by atoms with Gasteiger partial charge in [0.15, 0.2) is 0 Å². The molecule has 2 aromatic heterocycles. The molecule has 0 radical (unpaired) electrons. The van der Waals surface area contributed by atoms with Crippen LogP contribution in [0.25, 0.3) is 9.40 Å². The van der Waals surface area contributed by atoms with E-state index in [-0.39, 0.29) is 0 Å². The molecule has 13 heavy (non-hydrogen) atoms. The molecule has 0 fully saturated rings. The number of hydrogen-bond acceptors (Lipinski definition) is 3. The largest absolute Gasteiger partial charge is 0.171 e.